The van der Waals surface area contributed by atoms with Gasteiger partial charge < -0.3 is 14.9 Å². The first-order chi connectivity index (χ1) is 15.0. The van der Waals surface area contributed by atoms with Crippen LogP contribution in [-0.2, 0) is 0 Å². The lowest BCUT2D eigenvalue weighted by atomic mass is 9.99. The first-order valence-electron chi connectivity index (χ1n) is 9.22. The molecule has 2 N–H and O–H groups in total. The smallest absolute Gasteiger partial charge is 0.242 e. The largest absolute Gasteiger partial charge is 0.503 e. The maximum Gasteiger partial charge on any atom is 0.242 e. The molecule has 2 aromatic heterocycles. The van der Waals surface area contributed by atoms with Crippen LogP contribution in [-0.4, -0.2) is 32.2 Å². The van der Waals surface area contributed by atoms with Crippen LogP contribution >= 0.6 is 27.3 Å². The van der Waals surface area contributed by atoms with E-state index in [9.17, 15) is 15.0 Å². The maximum absolute atomic E-state index is 13.4. The van der Waals surface area contributed by atoms with Gasteiger partial charge in [-0.1, -0.05) is 40.7 Å². The van der Waals surface area contributed by atoms with E-state index in [0.717, 1.165) is 4.47 Å². The Bertz CT molecular complexity index is 1250. The van der Waals surface area contributed by atoms with Crippen molar-refractivity contribution < 1.29 is 19.7 Å². The number of hydrogen-bond donors (Lipinski definition) is 2. The highest BCUT2D eigenvalue weighted by Crippen LogP contribution is 2.44. The van der Waals surface area contributed by atoms with Crippen molar-refractivity contribution in [1.29, 1.82) is 0 Å². The number of halogens is 1. The quantitative estimate of drug-likeness (QED) is 0.258. The van der Waals surface area contributed by atoms with E-state index < -0.39 is 17.4 Å². The minimum atomic E-state index is -0.498. The van der Waals surface area contributed by atoms with Gasteiger partial charge in [0.05, 0.1) is 11.3 Å². The Hall–Kier alpha value is -3.36. The molecule has 0 saturated heterocycles. The molecule has 4 rings (SSSR count). The second kappa shape index (κ2) is 8.79. The van der Waals surface area contributed by atoms with Gasteiger partial charge in [-0.2, -0.15) is 0 Å². The zero-order valence-corrected chi connectivity index (χ0v) is 18.6. The normalized spacial score (nSPS) is 10.7. The molecule has 156 valence electrons. The van der Waals surface area contributed by atoms with Crippen molar-refractivity contribution in [2.24, 2.45) is 0 Å². The molecule has 8 heteroatoms. The molecule has 0 saturated carbocycles. The second-order valence-corrected chi connectivity index (χ2v) is 8.30. The standard InChI is InChI=1S/C23H17BrN2O4S/c1-2-11-30-17-8-6-14(7-9-17)20(27)18-19(15-4-3-5-16(24)13-15)26(22(29)21(18)28)23-25-10-12-31-23/h2-10,12-13,28-29H,1,11H2. The van der Waals surface area contributed by atoms with Gasteiger partial charge in [-0.15, -0.1) is 11.3 Å². The van der Waals surface area contributed by atoms with Crippen molar-refractivity contribution in [3.05, 3.63) is 88.4 Å². The Morgan fingerprint density at radius 3 is 2.65 bits per heavy atom. The molecule has 6 nitrogen and oxygen atoms in total. The molecule has 0 unspecified atom stereocenters. The molecule has 4 aromatic rings. The molecule has 0 aliphatic rings. The molecule has 0 aliphatic heterocycles. The number of aromatic hydroxyl groups is 2. The Morgan fingerprint density at radius 2 is 2.00 bits per heavy atom. The van der Waals surface area contributed by atoms with Gasteiger partial charge in [-0.05, 0) is 36.4 Å². The third-order valence-electron chi connectivity index (χ3n) is 4.54. The van der Waals surface area contributed by atoms with Crippen LogP contribution in [0.25, 0.3) is 16.4 Å². The minimum absolute atomic E-state index is 0.00874. The number of rotatable bonds is 7. The van der Waals surface area contributed by atoms with Gasteiger partial charge in [0.2, 0.25) is 5.88 Å². The minimum Gasteiger partial charge on any atom is -0.503 e. The lowest BCUT2D eigenvalue weighted by molar-refractivity contribution is 0.103. The number of carbonyl (C=O) groups is 1. The maximum atomic E-state index is 13.4. The molecular weight excluding hydrogens is 480 g/mol. The van der Waals surface area contributed by atoms with Crippen molar-refractivity contribution in [3.8, 4) is 33.8 Å². The molecule has 0 radical (unpaired) electrons. The predicted molar refractivity (Wildman–Crippen MR) is 123 cm³/mol. The average Bonchev–Trinajstić information content (AvgIpc) is 3.39. The van der Waals surface area contributed by atoms with Gasteiger partial charge >= 0.3 is 0 Å². The van der Waals surface area contributed by atoms with E-state index >= 15 is 0 Å². The van der Waals surface area contributed by atoms with E-state index in [1.807, 2.05) is 12.1 Å². The number of thiazole rings is 1. The van der Waals surface area contributed by atoms with E-state index in [2.05, 4.69) is 27.5 Å². The van der Waals surface area contributed by atoms with Crippen molar-refractivity contribution in [2.75, 3.05) is 6.61 Å². The highest BCUT2D eigenvalue weighted by atomic mass is 79.9. The zero-order valence-electron chi connectivity index (χ0n) is 16.2. The van der Waals surface area contributed by atoms with Crippen LogP contribution in [0, 0.1) is 0 Å². The monoisotopic (exact) mass is 496 g/mol. The summed E-state index contributed by atoms with van der Waals surface area (Å²) in [5, 5.41) is 23.7. The first-order valence-corrected chi connectivity index (χ1v) is 10.9. The summed E-state index contributed by atoms with van der Waals surface area (Å²) in [6.45, 7) is 3.96. The highest BCUT2D eigenvalue weighted by Gasteiger charge is 2.30. The molecule has 31 heavy (non-hydrogen) atoms. The van der Waals surface area contributed by atoms with E-state index in [-0.39, 0.29) is 5.56 Å². The molecule has 0 fully saturated rings. The molecule has 0 aliphatic carbocycles. The summed E-state index contributed by atoms with van der Waals surface area (Å²) in [6.07, 6.45) is 3.22. The van der Waals surface area contributed by atoms with Gasteiger partial charge in [0.25, 0.3) is 0 Å². The molecule has 0 amide bonds. The predicted octanol–water partition coefficient (Wildman–Crippen LogP) is 5.57. The van der Waals surface area contributed by atoms with Crippen LogP contribution in [0.2, 0.25) is 0 Å². The van der Waals surface area contributed by atoms with Crippen LogP contribution in [0.3, 0.4) is 0 Å². The Balaban J connectivity index is 1.88. The SMILES string of the molecule is C=CCOc1ccc(C(=O)c2c(O)c(O)n(-c3nccs3)c2-c2cccc(Br)c2)cc1. The van der Waals surface area contributed by atoms with Crippen molar-refractivity contribution >= 4 is 33.0 Å². The van der Waals surface area contributed by atoms with E-state index in [1.165, 1.54) is 15.9 Å². The third kappa shape index (κ3) is 3.99. The van der Waals surface area contributed by atoms with Gasteiger partial charge in [0.1, 0.15) is 12.4 Å². The first kappa shape index (κ1) is 20.9. The van der Waals surface area contributed by atoms with Gasteiger partial charge in [0.15, 0.2) is 16.7 Å². The number of hydrogen-bond acceptors (Lipinski definition) is 6. The van der Waals surface area contributed by atoms with E-state index in [1.54, 1.807) is 54.1 Å². The summed E-state index contributed by atoms with van der Waals surface area (Å²) in [5.41, 5.74) is 1.32. The topological polar surface area (TPSA) is 84.6 Å². The number of carbonyl (C=O) groups excluding carboxylic acids is 1. The summed E-state index contributed by atoms with van der Waals surface area (Å²) in [4.78, 5) is 17.7. The zero-order chi connectivity index (χ0) is 22.0. The summed E-state index contributed by atoms with van der Waals surface area (Å²) >= 11 is 4.72. The fourth-order valence-electron chi connectivity index (χ4n) is 3.19. The number of ether oxygens (including phenoxy) is 1. The van der Waals surface area contributed by atoms with E-state index in [0.29, 0.717) is 34.3 Å². The number of nitrogens with zero attached hydrogens (tertiary/aromatic N) is 2. The second-order valence-electron chi connectivity index (χ2n) is 6.51. The summed E-state index contributed by atoms with van der Waals surface area (Å²) in [6, 6.07) is 13.8. The molecule has 0 spiro atoms. The van der Waals surface area contributed by atoms with Crippen LogP contribution in [0.15, 0.2) is 77.2 Å². The number of ketones is 1. The summed E-state index contributed by atoms with van der Waals surface area (Å²) in [5.74, 6) is -0.786. The van der Waals surface area contributed by atoms with Crippen LogP contribution in [0.1, 0.15) is 15.9 Å². The third-order valence-corrected chi connectivity index (χ3v) is 5.79. The fraction of sp³-hybridized carbons (Fsp3) is 0.0435. The average molecular weight is 497 g/mol. The molecule has 2 aromatic carbocycles. The molecule has 0 atom stereocenters. The molecule has 0 bridgehead atoms. The van der Waals surface area contributed by atoms with Gasteiger partial charge in [-0.3, -0.25) is 9.36 Å². The summed E-state index contributed by atoms with van der Waals surface area (Å²) < 4.78 is 7.64. The lowest BCUT2D eigenvalue weighted by Gasteiger charge is -2.10. The van der Waals surface area contributed by atoms with E-state index in [4.69, 9.17) is 4.74 Å². The summed E-state index contributed by atoms with van der Waals surface area (Å²) in [7, 11) is 0. The van der Waals surface area contributed by atoms with Crippen molar-refractivity contribution in [1.82, 2.24) is 9.55 Å². The highest BCUT2D eigenvalue weighted by molar-refractivity contribution is 9.10. The van der Waals surface area contributed by atoms with Gasteiger partial charge in [-0.25, -0.2) is 4.98 Å². The molecule has 2 heterocycles. The Morgan fingerprint density at radius 1 is 1.23 bits per heavy atom. The van der Waals surface area contributed by atoms with Crippen molar-refractivity contribution in [2.45, 2.75) is 0 Å². The Kier molecular flexibility index (Phi) is 5.92. The van der Waals surface area contributed by atoms with Crippen LogP contribution < -0.4 is 4.74 Å². The van der Waals surface area contributed by atoms with Gasteiger partial charge in [0, 0.05) is 27.2 Å². The fourth-order valence-corrected chi connectivity index (χ4v) is 4.23. The molecular formula is C23H17BrN2O4S. The number of aromatic nitrogens is 2. The Labute approximate surface area is 190 Å². The number of benzene rings is 2. The van der Waals surface area contributed by atoms with Crippen LogP contribution in [0.4, 0.5) is 0 Å². The van der Waals surface area contributed by atoms with Crippen molar-refractivity contribution in [3.63, 3.8) is 0 Å². The lowest BCUT2D eigenvalue weighted by Crippen LogP contribution is -2.05. The van der Waals surface area contributed by atoms with Crippen LogP contribution in [0.5, 0.6) is 17.4 Å².